The molecule has 0 saturated carbocycles. The number of nitrogens with zero attached hydrogens (tertiary/aromatic N) is 2. The molecule has 0 saturated heterocycles. The molecule has 0 unspecified atom stereocenters. The van der Waals surface area contributed by atoms with Crippen molar-refractivity contribution in [3.8, 4) is 0 Å². The van der Waals surface area contributed by atoms with Crippen molar-refractivity contribution in [2.75, 3.05) is 12.0 Å². The lowest BCUT2D eigenvalue weighted by Gasteiger charge is -2.09. The highest BCUT2D eigenvalue weighted by molar-refractivity contribution is 6.00. The van der Waals surface area contributed by atoms with E-state index in [0.717, 1.165) is 22.2 Å². The van der Waals surface area contributed by atoms with Crippen LogP contribution in [0.25, 0.3) is 10.8 Å². The van der Waals surface area contributed by atoms with Gasteiger partial charge in [0.05, 0.1) is 6.54 Å². The number of aromatic nitrogens is 2. The van der Waals surface area contributed by atoms with E-state index in [1.807, 2.05) is 50.2 Å². The molecule has 3 aromatic rings. The first-order valence-corrected chi connectivity index (χ1v) is 8.15. The molecule has 2 amide bonds. The molecule has 0 spiro atoms. The molecule has 7 heteroatoms. The summed E-state index contributed by atoms with van der Waals surface area (Å²) in [6.45, 7) is 3.51. The van der Waals surface area contributed by atoms with Crippen LogP contribution in [0.2, 0.25) is 0 Å². The summed E-state index contributed by atoms with van der Waals surface area (Å²) in [7, 11) is 0. The van der Waals surface area contributed by atoms with Gasteiger partial charge < -0.3 is 5.32 Å². The Morgan fingerprint density at radius 1 is 0.923 bits per heavy atom. The number of rotatable bonds is 5. The number of anilines is 1. The Morgan fingerprint density at radius 3 is 2.35 bits per heavy atom. The monoisotopic (exact) mass is 349 g/mol. The quantitative estimate of drug-likeness (QED) is 0.613. The second-order valence-electron chi connectivity index (χ2n) is 5.89. The zero-order valence-corrected chi connectivity index (χ0v) is 14.5. The van der Waals surface area contributed by atoms with E-state index in [9.17, 15) is 9.59 Å². The van der Waals surface area contributed by atoms with E-state index >= 15 is 0 Å². The molecule has 3 N–H and O–H groups in total. The van der Waals surface area contributed by atoms with Crippen molar-refractivity contribution in [2.45, 2.75) is 13.8 Å². The van der Waals surface area contributed by atoms with Gasteiger partial charge >= 0.3 is 0 Å². The van der Waals surface area contributed by atoms with Crippen LogP contribution in [0.5, 0.6) is 0 Å². The number of carbonyl (C=O) groups excluding carboxylic acids is 2. The molecule has 0 aliphatic carbocycles. The van der Waals surface area contributed by atoms with Crippen LogP contribution in [0.4, 0.5) is 5.95 Å². The number of amides is 2. The third kappa shape index (κ3) is 4.32. The van der Waals surface area contributed by atoms with Gasteiger partial charge in [-0.05, 0) is 42.8 Å². The van der Waals surface area contributed by atoms with E-state index < -0.39 is 5.91 Å². The van der Waals surface area contributed by atoms with Gasteiger partial charge in [0, 0.05) is 17.0 Å². The van der Waals surface area contributed by atoms with Gasteiger partial charge in [-0.2, -0.15) is 0 Å². The molecule has 1 heterocycles. The van der Waals surface area contributed by atoms with Gasteiger partial charge in [-0.3, -0.25) is 20.4 Å². The minimum Gasteiger partial charge on any atom is -0.343 e. The zero-order chi connectivity index (χ0) is 18.5. The molecule has 0 fully saturated rings. The highest BCUT2D eigenvalue weighted by Gasteiger charge is 2.09. The summed E-state index contributed by atoms with van der Waals surface area (Å²) in [5, 5.41) is 4.62. The molecular weight excluding hydrogens is 330 g/mol. The summed E-state index contributed by atoms with van der Waals surface area (Å²) < 4.78 is 0. The molecule has 132 valence electrons. The van der Waals surface area contributed by atoms with E-state index in [1.54, 1.807) is 12.1 Å². The maximum Gasteiger partial charge on any atom is 0.257 e. The van der Waals surface area contributed by atoms with E-state index in [0.29, 0.717) is 11.5 Å². The average molecular weight is 349 g/mol. The van der Waals surface area contributed by atoms with Crippen LogP contribution >= 0.6 is 0 Å². The van der Waals surface area contributed by atoms with Crippen molar-refractivity contribution in [3.05, 3.63) is 65.5 Å². The van der Waals surface area contributed by atoms with Crippen LogP contribution in [0.3, 0.4) is 0 Å². The van der Waals surface area contributed by atoms with Crippen molar-refractivity contribution >= 4 is 28.5 Å². The predicted molar refractivity (Wildman–Crippen MR) is 99.6 cm³/mol. The van der Waals surface area contributed by atoms with Crippen molar-refractivity contribution in [1.82, 2.24) is 20.7 Å². The van der Waals surface area contributed by atoms with Crippen LogP contribution in [0.1, 0.15) is 21.7 Å². The molecule has 0 radical (unpaired) electrons. The topological polar surface area (TPSA) is 96.0 Å². The largest absolute Gasteiger partial charge is 0.343 e. The minimum absolute atomic E-state index is 0.163. The summed E-state index contributed by atoms with van der Waals surface area (Å²) in [5.41, 5.74) is 7.19. The number of aryl methyl sites for hydroxylation is 2. The fourth-order valence-corrected chi connectivity index (χ4v) is 2.54. The van der Waals surface area contributed by atoms with Gasteiger partial charge in [0.2, 0.25) is 5.95 Å². The number of hydrogen-bond donors (Lipinski definition) is 3. The normalized spacial score (nSPS) is 10.4. The fourth-order valence-electron chi connectivity index (χ4n) is 2.54. The van der Waals surface area contributed by atoms with E-state index in [-0.39, 0.29) is 12.5 Å². The summed E-state index contributed by atoms with van der Waals surface area (Å²) in [5.74, 6) is -0.410. The third-order valence-corrected chi connectivity index (χ3v) is 3.72. The van der Waals surface area contributed by atoms with E-state index in [1.165, 1.54) is 0 Å². The molecule has 0 bridgehead atoms. The highest BCUT2D eigenvalue weighted by Crippen LogP contribution is 2.15. The lowest BCUT2D eigenvalue weighted by Crippen LogP contribution is -2.39. The number of nitrogens with one attached hydrogen (secondary N) is 3. The molecule has 2 aromatic carbocycles. The number of hydrogen-bond acceptors (Lipinski definition) is 5. The van der Waals surface area contributed by atoms with E-state index in [4.69, 9.17) is 0 Å². The molecule has 26 heavy (non-hydrogen) atoms. The molecular formula is C19H19N5O2. The van der Waals surface area contributed by atoms with Gasteiger partial charge in [-0.1, -0.05) is 30.3 Å². The SMILES string of the molecule is Cc1cc(C)nc(NNC(=O)CNC(=O)c2ccc3ccccc3c2)n1. The van der Waals surface area contributed by atoms with Crippen LogP contribution < -0.4 is 16.2 Å². The first kappa shape index (κ1) is 17.3. The van der Waals surface area contributed by atoms with Gasteiger partial charge in [-0.15, -0.1) is 0 Å². The standard InChI is InChI=1S/C19H19N5O2/c1-12-9-13(2)22-19(21-12)24-23-17(25)11-20-18(26)16-8-7-14-5-3-4-6-15(14)10-16/h3-10H,11H2,1-2H3,(H,20,26)(H,23,25)(H,21,22,24). The first-order chi connectivity index (χ1) is 12.5. The zero-order valence-electron chi connectivity index (χ0n) is 14.5. The van der Waals surface area contributed by atoms with Crippen molar-refractivity contribution < 1.29 is 9.59 Å². The predicted octanol–water partition coefficient (Wildman–Crippen LogP) is 2.12. The Labute approximate surface area is 150 Å². The minimum atomic E-state index is -0.401. The summed E-state index contributed by atoms with van der Waals surface area (Å²) in [6, 6.07) is 15.0. The van der Waals surface area contributed by atoms with Crippen LogP contribution in [-0.2, 0) is 4.79 Å². The average Bonchev–Trinajstić information content (AvgIpc) is 2.63. The Hall–Kier alpha value is -3.48. The van der Waals surface area contributed by atoms with Crippen LogP contribution in [0.15, 0.2) is 48.5 Å². The highest BCUT2D eigenvalue weighted by atomic mass is 16.2. The number of carbonyl (C=O) groups is 2. The van der Waals surface area contributed by atoms with E-state index in [2.05, 4.69) is 26.1 Å². The van der Waals surface area contributed by atoms with Crippen molar-refractivity contribution in [3.63, 3.8) is 0 Å². The van der Waals surface area contributed by atoms with Crippen molar-refractivity contribution in [2.24, 2.45) is 0 Å². The van der Waals surface area contributed by atoms with Gasteiger partial charge in [-0.25, -0.2) is 9.97 Å². The molecule has 0 atom stereocenters. The number of fused-ring (bicyclic) bond motifs is 1. The maximum atomic E-state index is 12.2. The summed E-state index contributed by atoms with van der Waals surface area (Å²) >= 11 is 0. The third-order valence-electron chi connectivity index (χ3n) is 3.72. The van der Waals surface area contributed by atoms with Crippen molar-refractivity contribution in [1.29, 1.82) is 0 Å². The van der Waals surface area contributed by atoms with Crippen LogP contribution in [0, 0.1) is 13.8 Å². The molecule has 0 aliphatic rings. The Morgan fingerprint density at radius 2 is 1.62 bits per heavy atom. The maximum absolute atomic E-state index is 12.2. The first-order valence-electron chi connectivity index (χ1n) is 8.15. The van der Waals surface area contributed by atoms with Crippen LogP contribution in [-0.4, -0.2) is 28.3 Å². The Kier molecular flexibility index (Phi) is 5.07. The number of benzene rings is 2. The molecule has 7 nitrogen and oxygen atoms in total. The fraction of sp³-hybridized carbons (Fsp3) is 0.158. The smallest absolute Gasteiger partial charge is 0.257 e. The second-order valence-corrected chi connectivity index (χ2v) is 5.89. The molecule has 1 aromatic heterocycles. The summed E-state index contributed by atoms with van der Waals surface area (Å²) in [6.07, 6.45) is 0. The van der Waals surface area contributed by atoms with Gasteiger partial charge in [0.1, 0.15) is 0 Å². The second kappa shape index (κ2) is 7.60. The van der Waals surface area contributed by atoms with Gasteiger partial charge in [0.15, 0.2) is 0 Å². The molecule has 0 aliphatic heterocycles. The lowest BCUT2D eigenvalue weighted by molar-refractivity contribution is -0.119. The lowest BCUT2D eigenvalue weighted by atomic mass is 10.1. The Bertz CT molecular complexity index is 951. The summed E-state index contributed by atoms with van der Waals surface area (Å²) in [4.78, 5) is 32.4. The van der Waals surface area contributed by atoms with Gasteiger partial charge in [0.25, 0.3) is 11.8 Å². The Balaban J connectivity index is 1.53. The molecule has 3 rings (SSSR count). The number of hydrazine groups is 1.